The lowest BCUT2D eigenvalue weighted by Gasteiger charge is -2.34. The lowest BCUT2D eigenvalue weighted by atomic mass is 10.1. The molecule has 0 unspecified atom stereocenters. The number of nitrogens with one attached hydrogen (secondary N) is 1. The molecule has 8 nitrogen and oxygen atoms in total. The van der Waals surface area contributed by atoms with Crippen LogP contribution in [-0.2, 0) is 4.74 Å². The molecule has 2 saturated heterocycles. The van der Waals surface area contributed by atoms with E-state index in [0.29, 0.717) is 12.0 Å². The van der Waals surface area contributed by atoms with Crippen LogP contribution in [0.1, 0.15) is 18.9 Å². The number of hydrogen-bond donors (Lipinski definition) is 1. The SMILES string of the molecule is CN1CCN(c2ccc(Nc3ncc4cnn(C5CCOCC5)c4n3)cc2)CC1. The number of piperazine rings is 1. The Balaban J connectivity index is 1.32. The minimum absolute atomic E-state index is 0.340. The van der Waals surface area contributed by atoms with Crippen LogP contribution in [-0.4, -0.2) is 71.1 Å². The summed E-state index contributed by atoms with van der Waals surface area (Å²) in [6.07, 6.45) is 5.63. The van der Waals surface area contributed by atoms with Crippen LogP contribution >= 0.6 is 0 Å². The molecule has 0 spiro atoms. The highest BCUT2D eigenvalue weighted by Gasteiger charge is 2.19. The number of nitrogens with zero attached hydrogens (tertiary/aromatic N) is 6. The van der Waals surface area contributed by atoms with Crippen molar-refractivity contribution in [1.82, 2.24) is 24.6 Å². The lowest BCUT2D eigenvalue weighted by molar-refractivity contribution is 0.0673. The summed E-state index contributed by atoms with van der Waals surface area (Å²) in [5.74, 6) is 0.596. The van der Waals surface area contributed by atoms with Crippen molar-refractivity contribution in [3.05, 3.63) is 36.7 Å². The van der Waals surface area contributed by atoms with E-state index in [1.165, 1.54) is 5.69 Å². The summed E-state index contributed by atoms with van der Waals surface area (Å²) in [4.78, 5) is 14.0. The van der Waals surface area contributed by atoms with Crippen LogP contribution in [0.2, 0.25) is 0 Å². The molecule has 2 aliphatic rings. The minimum atomic E-state index is 0.340. The molecule has 2 fully saturated rings. The molecule has 29 heavy (non-hydrogen) atoms. The van der Waals surface area contributed by atoms with Crippen LogP contribution in [0.5, 0.6) is 0 Å². The fourth-order valence-corrected chi connectivity index (χ4v) is 4.04. The topological polar surface area (TPSA) is 71.3 Å². The molecule has 1 aromatic carbocycles. The second kappa shape index (κ2) is 7.96. The molecule has 0 amide bonds. The molecule has 1 N–H and O–H groups in total. The summed E-state index contributed by atoms with van der Waals surface area (Å²) >= 11 is 0. The van der Waals surface area contributed by atoms with Gasteiger partial charge >= 0.3 is 0 Å². The number of ether oxygens (including phenoxy) is 1. The van der Waals surface area contributed by atoms with Crippen molar-refractivity contribution in [2.75, 3.05) is 56.7 Å². The van der Waals surface area contributed by atoms with Gasteiger partial charge < -0.3 is 19.9 Å². The Kier molecular flexibility index (Phi) is 5.03. The molecule has 152 valence electrons. The largest absolute Gasteiger partial charge is 0.381 e. The van der Waals surface area contributed by atoms with E-state index in [9.17, 15) is 0 Å². The zero-order valence-corrected chi connectivity index (χ0v) is 16.8. The monoisotopic (exact) mass is 393 g/mol. The highest BCUT2D eigenvalue weighted by Crippen LogP contribution is 2.25. The first-order valence-corrected chi connectivity index (χ1v) is 10.3. The number of anilines is 3. The van der Waals surface area contributed by atoms with E-state index >= 15 is 0 Å². The van der Waals surface area contributed by atoms with Crippen LogP contribution in [0.3, 0.4) is 0 Å². The summed E-state index contributed by atoms with van der Waals surface area (Å²) in [6.45, 7) is 5.91. The van der Waals surface area contributed by atoms with Crippen LogP contribution in [0.15, 0.2) is 36.7 Å². The standard InChI is InChI=1S/C21H27N7O/c1-26-8-10-27(11-9-26)18-4-2-17(3-5-18)24-21-22-14-16-15-23-28(20(16)25-21)19-6-12-29-13-7-19/h2-5,14-15,19H,6-13H2,1H3,(H,22,24,25). The molecule has 0 atom stereocenters. The van der Waals surface area contributed by atoms with E-state index in [2.05, 4.69) is 56.5 Å². The van der Waals surface area contributed by atoms with E-state index in [-0.39, 0.29) is 0 Å². The van der Waals surface area contributed by atoms with Gasteiger partial charge in [0, 0.05) is 57.0 Å². The Hall–Kier alpha value is -2.71. The summed E-state index contributed by atoms with van der Waals surface area (Å²) in [5, 5.41) is 8.86. The van der Waals surface area contributed by atoms with Gasteiger partial charge in [-0.1, -0.05) is 0 Å². The van der Waals surface area contributed by atoms with Crippen molar-refractivity contribution in [1.29, 1.82) is 0 Å². The molecule has 0 saturated carbocycles. The third kappa shape index (κ3) is 3.90. The summed E-state index contributed by atoms with van der Waals surface area (Å²) in [6, 6.07) is 8.86. The number of likely N-dealkylation sites (N-methyl/N-ethyl adjacent to an activating group) is 1. The Morgan fingerprint density at radius 1 is 1.00 bits per heavy atom. The molecule has 5 rings (SSSR count). The molecule has 2 aliphatic heterocycles. The Morgan fingerprint density at radius 3 is 2.52 bits per heavy atom. The minimum Gasteiger partial charge on any atom is -0.381 e. The van der Waals surface area contributed by atoms with Gasteiger partial charge in [0.05, 0.1) is 17.6 Å². The molecular formula is C21H27N7O. The van der Waals surface area contributed by atoms with E-state index in [4.69, 9.17) is 9.72 Å². The number of fused-ring (bicyclic) bond motifs is 1. The van der Waals surface area contributed by atoms with Gasteiger partial charge in [0.15, 0.2) is 5.65 Å². The average Bonchev–Trinajstić information content (AvgIpc) is 3.19. The first-order chi connectivity index (χ1) is 14.3. The van der Waals surface area contributed by atoms with Crippen LogP contribution in [0, 0.1) is 0 Å². The van der Waals surface area contributed by atoms with Gasteiger partial charge in [0.25, 0.3) is 0 Å². The van der Waals surface area contributed by atoms with Crippen molar-refractivity contribution in [2.24, 2.45) is 0 Å². The number of rotatable bonds is 4. The highest BCUT2D eigenvalue weighted by atomic mass is 16.5. The van der Waals surface area contributed by atoms with Crippen molar-refractivity contribution in [2.45, 2.75) is 18.9 Å². The second-order valence-corrected chi connectivity index (χ2v) is 7.87. The molecule has 8 heteroatoms. The second-order valence-electron chi connectivity index (χ2n) is 7.87. The van der Waals surface area contributed by atoms with Gasteiger partial charge in [-0.05, 0) is 44.2 Å². The molecule has 2 aromatic heterocycles. The summed E-state index contributed by atoms with van der Waals surface area (Å²) in [5.41, 5.74) is 3.13. The average molecular weight is 393 g/mol. The molecule has 0 aliphatic carbocycles. The van der Waals surface area contributed by atoms with Gasteiger partial charge in [-0.2, -0.15) is 10.1 Å². The first-order valence-electron chi connectivity index (χ1n) is 10.3. The smallest absolute Gasteiger partial charge is 0.229 e. The van der Waals surface area contributed by atoms with Crippen molar-refractivity contribution in [3.63, 3.8) is 0 Å². The molecule has 0 bridgehead atoms. The molecule has 3 aromatic rings. The maximum absolute atomic E-state index is 5.48. The number of hydrogen-bond acceptors (Lipinski definition) is 7. The van der Waals surface area contributed by atoms with Crippen molar-refractivity contribution in [3.8, 4) is 0 Å². The third-order valence-corrected chi connectivity index (χ3v) is 5.86. The third-order valence-electron chi connectivity index (χ3n) is 5.86. The summed E-state index contributed by atoms with van der Waals surface area (Å²) < 4.78 is 7.51. The maximum Gasteiger partial charge on any atom is 0.229 e. The van der Waals surface area contributed by atoms with Gasteiger partial charge in [-0.15, -0.1) is 0 Å². The molecule has 0 radical (unpaired) electrons. The number of benzene rings is 1. The molecule has 4 heterocycles. The predicted octanol–water partition coefficient (Wildman–Crippen LogP) is 2.67. The first kappa shape index (κ1) is 18.3. The quantitative estimate of drug-likeness (QED) is 0.731. The van der Waals surface area contributed by atoms with Gasteiger partial charge in [0.1, 0.15) is 0 Å². The van der Waals surface area contributed by atoms with Crippen molar-refractivity contribution < 1.29 is 4.74 Å². The normalized spacial score (nSPS) is 19.0. The molecular weight excluding hydrogens is 366 g/mol. The maximum atomic E-state index is 5.48. The van der Waals surface area contributed by atoms with Crippen LogP contribution in [0.4, 0.5) is 17.3 Å². The van der Waals surface area contributed by atoms with E-state index in [1.54, 1.807) is 0 Å². The van der Waals surface area contributed by atoms with E-state index in [1.807, 2.05) is 17.1 Å². The zero-order valence-electron chi connectivity index (χ0n) is 16.8. The van der Waals surface area contributed by atoms with Gasteiger partial charge in [-0.3, -0.25) is 0 Å². The lowest BCUT2D eigenvalue weighted by Crippen LogP contribution is -2.44. The van der Waals surface area contributed by atoms with Crippen LogP contribution < -0.4 is 10.2 Å². The van der Waals surface area contributed by atoms with Crippen LogP contribution in [0.25, 0.3) is 11.0 Å². The Bertz CT molecular complexity index is 957. The van der Waals surface area contributed by atoms with Crippen molar-refractivity contribution >= 4 is 28.4 Å². The highest BCUT2D eigenvalue weighted by molar-refractivity contribution is 5.75. The Labute approximate surface area is 170 Å². The van der Waals surface area contributed by atoms with E-state index in [0.717, 1.165) is 69.0 Å². The zero-order chi connectivity index (χ0) is 19.6. The number of aromatic nitrogens is 4. The summed E-state index contributed by atoms with van der Waals surface area (Å²) in [7, 11) is 2.18. The Morgan fingerprint density at radius 2 is 1.76 bits per heavy atom. The van der Waals surface area contributed by atoms with E-state index < -0.39 is 0 Å². The fraction of sp³-hybridized carbons (Fsp3) is 0.476. The predicted molar refractivity (Wildman–Crippen MR) is 114 cm³/mol. The van der Waals surface area contributed by atoms with Gasteiger partial charge in [-0.25, -0.2) is 9.67 Å². The van der Waals surface area contributed by atoms with Gasteiger partial charge in [0.2, 0.25) is 5.95 Å². The fourth-order valence-electron chi connectivity index (χ4n) is 4.04.